The number of hydrogen-bond donors (Lipinski definition) is 1. The molecule has 0 unspecified atom stereocenters. The first-order valence-electron chi connectivity index (χ1n) is 5.61. The molecule has 1 aromatic heterocycles. The van der Waals surface area contributed by atoms with Crippen LogP contribution in [0.25, 0.3) is 0 Å². The fraction of sp³-hybridized carbons (Fsp3) is 0.583. The highest BCUT2D eigenvalue weighted by atomic mass is 14.9. The predicted molar refractivity (Wildman–Crippen MR) is 57.0 cm³/mol. The second-order valence-corrected chi connectivity index (χ2v) is 4.08. The van der Waals surface area contributed by atoms with Crippen LogP contribution in [0.2, 0.25) is 0 Å². The first-order valence-corrected chi connectivity index (χ1v) is 5.61. The van der Waals surface area contributed by atoms with Gasteiger partial charge in [-0.2, -0.15) is 0 Å². The average Bonchev–Trinajstić information content (AvgIpc) is 2.26. The van der Waals surface area contributed by atoms with E-state index in [1.807, 2.05) is 0 Å². The van der Waals surface area contributed by atoms with E-state index < -0.39 is 0 Å². The standard InChI is InChI=1S/C12H19N2/c13-7-3-8-14-9-6-11-4-1-2-5-12(11)10-14/h6,9-10H,1-5,7-8,13H2/q+1. The molecule has 0 radical (unpaired) electrons. The minimum absolute atomic E-state index is 0.782. The van der Waals surface area contributed by atoms with Crippen LogP contribution in [0, 0.1) is 0 Å². The van der Waals surface area contributed by atoms with Gasteiger partial charge >= 0.3 is 0 Å². The number of rotatable bonds is 3. The van der Waals surface area contributed by atoms with Crippen molar-refractivity contribution >= 4 is 0 Å². The van der Waals surface area contributed by atoms with Gasteiger partial charge < -0.3 is 5.73 Å². The maximum atomic E-state index is 5.50. The molecule has 0 saturated heterocycles. The van der Waals surface area contributed by atoms with E-state index in [2.05, 4.69) is 23.0 Å². The zero-order valence-electron chi connectivity index (χ0n) is 8.71. The maximum Gasteiger partial charge on any atom is 0.172 e. The summed E-state index contributed by atoms with van der Waals surface area (Å²) in [7, 11) is 0. The summed E-state index contributed by atoms with van der Waals surface area (Å²) in [4.78, 5) is 0. The average molecular weight is 191 g/mol. The Hall–Kier alpha value is -0.890. The van der Waals surface area contributed by atoms with Crippen molar-refractivity contribution in [2.75, 3.05) is 6.54 Å². The molecule has 0 amide bonds. The van der Waals surface area contributed by atoms with Gasteiger partial charge in [-0.25, -0.2) is 4.57 Å². The fourth-order valence-electron chi connectivity index (χ4n) is 2.13. The van der Waals surface area contributed by atoms with Crippen molar-refractivity contribution in [1.82, 2.24) is 0 Å². The topological polar surface area (TPSA) is 29.9 Å². The highest BCUT2D eigenvalue weighted by molar-refractivity contribution is 5.23. The number of aryl methyl sites for hydroxylation is 3. The van der Waals surface area contributed by atoms with Crippen molar-refractivity contribution < 1.29 is 4.57 Å². The Labute approximate surface area is 85.7 Å². The Balaban J connectivity index is 2.12. The molecule has 0 spiro atoms. The predicted octanol–water partition coefficient (Wildman–Crippen LogP) is 1.20. The lowest BCUT2D eigenvalue weighted by molar-refractivity contribution is -0.697. The first-order chi connectivity index (χ1) is 6.90. The molecular formula is C12H19N2+. The smallest absolute Gasteiger partial charge is 0.172 e. The molecule has 76 valence electrons. The Morgan fingerprint density at radius 2 is 2.00 bits per heavy atom. The van der Waals surface area contributed by atoms with E-state index in [0.29, 0.717) is 0 Å². The van der Waals surface area contributed by atoms with Crippen molar-refractivity contribution in [3.8, 4) is 0 Å². The Morgan fingerprint density at radius 3 is 2.79 bits per heavy atom. The monoisotopic (exact) mass is 191 g/mol. The van der Waals surface area contributed by atoms with Crippen LogP contribution in [0.3, 0.4) is 0 Å². The summed E-state index contributed by atoms with van der Waals surface area (Å²) < 4.78 is 2.27. The second-order valence-electron chi connectivity index (χ2n) is 4.08. The van der Waals surface area contributed by atoms with Crippen LogP contribution in [0.4, 0.5) is 0 Å². The van der Waals surface area contributed by atoms with Crippen LogP contribution in [0.15, 0.2) is 18.5 Å². The van der Waals surface area contributed by atoms with E-state index in [4.69, 9.17) is 5.73 Å². The SMILES string of the molecule is NCCC[n+]1ccc2c(c1)CCCC2. The fourth-order valence-corrected chi connectivity index (χ4v) is 2.13. The molecule has 0 bridgehead atoms. The van der Waals surface area contributed by atoms with Crippen LogP contribution in [-0.2, 0) is 19.4 Å². The summed E-state index contributed by atoms with van der Waals surface area (Å²) in [6.07, 6.45) is 10.8. The van der Waals surface area contributed by atoms with Crippen LogP contribution < -0.4 is 10.3 Å². The highest BCUT2D eigenvalue weighted by Gasteiger charge is 2.12. The Bertz CT molecular complexity index is 307. The van der Waals surface area contributed by atoms with Crippen LogP contribution in [0.5, 0.6) is 0 Å². The number of fused-ring (bicyclic) bond motifs is 1. The molecule has 0 aromatic carbocycles. The summed E-state index contributed by atoms with van der Waals surface area (Å²) in [5, 5.41) is 0. The van der Waals surface area contributed by atoms with E-state index in [1.165, 1.54) is 25.7 Å². The summed E-state index contributed by atoms with van der Waals surface area (Å²) in [5.41, 5.74) is 8.61. The third kappa shape index (κ3) is 2.13. The van der Waals surface area contributed by atoms with Gasteiger partial charge in [0.05, 0.1) is 0 Å². The van der Waals surface area contributed by atoms with E-state index in [9.17, 15) is 0 Å². The van der Waals surface area contributed by atoms with Gasteiger partial charge in [-0.3, -0.25) is 0 Å². The van der Waals surface area contributed by atoms with Crippen molar-refractivity contribution in [2.24, 2.45) is 5.73 Å². The van der Waals surface area contributed by atoms with Gasteiger partial charge in [0.2, 0.25) is 0 Å². The molecule has 2 N–H and O–H groups in total. The molecule has 2 rings (SSSR count). The number of nitrogens with two attached hydrogens (primary N) is 1. The van der Waals surface area contributed by atoms with Crippen molar-refractivity contribution in [1.29, 1.82) is 0 Å². The molecule has 2 heteroatoms. The molecule has 0 fully saturated rings. The largest absolute Gasteiger partial charge is 0.330 e. The quantitative estimate of drug-likeness (QED) is 0.715. The number of nitrogens with zero attached hydrogens (tertiary/aromatic N) is 1. The second kappa shape index (κ2) is 4.56. The number of aromatic nitrogens is 1. The molecule has 1 heterocycles. The summed E-state index contributed by atoms with van der Waals surface area (Å²) in [5.74, 6) is 0. The minimum atomic E-state index is 0.782. The molecule has 1 aliphatic rings. The Morgan fingerprint density at radius 1 is 1.21 bits per heavy atom. The molecular weight excluding hydrogens is 172 g/mol. The zero-order chi connectivity index (χ0) is 9.80. The normalized spacial score (nSPS) is 15.2. The number of hydrogen-bond acceptors (Lipinski definition) is 1. The lowest BCUT2D eigenvalue weighted by Crippen LogP contribution is -2.35. The van der Waals surface area contributed by atoms with Gasteiger partial charge in [-0.05, 0) is 37.8 Å². The molecule has 14 heavy (non-hydrogen) atoms. The summed E-state index contributed by atoms with van der Waals surface area (Å²) in [6.45, 7) is 1.84. The molecule has 0 atom stereocenters. The molecule has 0 aliphatic heterocycles. The third-order valence-corrected chi connectivity index (χ3v) is 2.96. The first kappa shape index (κ1) is 9.66. The lowest BCUT2D eigenvalue weighted by atomic mass is 9.93. The zero-order valence-corrected chi connectivity index (χ0v) is 8.71. The van der Waals surface area contributed by atoms with Gasteiger partial charge in [-0.15, -0.1) is 0 Å². The summed E-state index contributed by atoms with van der Waals surface area (Å²) >= 11 is 0. The minimum Gasteiger partial charge on any atom is -0.330 e. The van der Waals surface area contributed by atoms with Gasteiger partial charge in [0, 0.05) is 18.1 Å². The van der Waals surface area contributed by atoms with Gasteiger partial charge in [0.1, 0.15) is 6.54 Å². The van der Waals surface area contributed by atoms with Crippen LogP contribution >= 0.6 is 0 Å². The highest BCUT2D eigenvalue weighted by Crippen LogP contribution is 2.18. The molecule has 1 aliphatic carbocycles. The van der Waals surface area contributed by atoms with E-state index >= 15 is 0 Å². The van der Waals surface area contributed by atoms with E-state index in [0.717, 1.165) is 19.5 Å². The number of pyridine rings is 1. The maximum absolute atomic E-state index is 5.50. The molecule has 1 aromatic rings. The van der Waals surface area contributed by atoms with Crippen LogP contribution in [0.1, 0.15) is 30.4 Å². The Kier molecular flexibility index (Phi) is 3.14. The van der Waals surface area contributed by atoms with Gasteiger partial charge in [0.15, 0.2) is 12.4 Å². The van der Waals surface area contributed by atoms with Crippen molar-refractivity contribution in [3.63, 3.8) is 0 Å². The third-order valence-electron chi connectivity index (χ3n) is 2.96. The van der Waals surface area contributed by atoms with E-state index in [1.54, 1.807) is 11.1 Å². The van der Waals surface area contributed by atoms with E-state index in [-0.39, 0.29) is 0 Å². The van der Waals surface area contributed by atoms with Gasteiger partial charge in [0.25, 0.3) is 0 Å². The van der Waals surface area contributed by atoms with Crippen molar-refractivity contribution in [3.05, 3.63) is 29.6 Å². The van der Waals surface area contributed by atoms with Crippen molar-refractivity contribution in [2.45, 2.75) is 38.6 Å². The summed E-state index contributed by atoms with van der Waals surface area (Å²) in [6, 6.07) is 2.28. The van der Waals surface area contributed by atoms with Crippen LogP contribution in [-0.4, -0.2) is 6.54 Å². The molecule has 0 saturated carbocycles. The lowest BCUT2D eigenvalue weighted by Gasteiger charge is -2.13. The molecule has 2 nitrogen and oxygen atoms in total. The van der Waals surface area contributed by atoms with Gasteiger partial charge in [-0.1, -0.05) is 0 Å².